The van der Waals surface area contributed by atoms with E-state index in [0.29, 0.717) is 11.2 Å². The van der Waals surface area contributed by atoms with Gasteiger partial charge in [0.2, 0.25) is 0 Å². The summed E-state index contributed by atoms with van der Waals surface area (Å²) in [4.78, 5) is 35.3. The van der Waals surface area contributed by atoms with Crippen molar-refractivity contribution in [3.63, 3.8) is 0 Å². The van der Waals surface area contributed by atoms with Gasteiger partial charge in [0.15, 0.2) is 5.60 Å². The van der Waals surface area contributed by atoms with Crippen LogP contribution in [-0.2, 0) is 19.9 Å². The highest BCUT2D eigenvalue weighted by atomic mass is 35.5. The first kappa shape index (κ1) is 22.4. The van der Waals surface area contributed by atoms with Gasteiger partial charge >= 0.3 is 17.4 Å². The van der Waals surface area contributed by atoms with Gasteiger partial charge < -0.3 is 19.7 Å². The lowest BCUT2D eigenvalue weighted by atomic mass is 9.89. The van der Waals surface area contributed by atoms with Crippen molar-refractivity contribution >= 4 is 53.1 Å². The molecule has 1 atom stereocenters. The van der Waals surface area contributed by atoms with Gasteiger partial charge in [-0.3, -0.25) is 4.79 Å². The van der Waals surface area contributed by atoms with E-state index in [-0.39, 0.29) is 15.6 Å². The van der Waals surface area contributed by atoms with Gasteiger partial charge in [-0.05, 0) is 29.3 Å². The van der Waals surface area contributed by atoms with Gasteiger partial charge in [0, 0.05) is 20.5 Å². The molecule has 0 heterocycles. The predicted molar refractivity (Wildman–Crippen MR) is 92.8 cm³/mol. The quantitative estimate of drug-likeness (QED) is 0.530. The summed E-state index contributed by atoms with van der Waals surface area (Å²) in [6, 6.07) is 4.09. The maximum absolute atomic E-state index is 13.1. The first-order chi connectivity index (χ1) is 12.0. The number of alkyl carbamates (subject to hydrolysis) is 1. The Labute approximate surface area is 163 Å². The number of hydrogen-bond donors (Lipinski definition) is 1. The third-order valence-electron chi connectivity index (χ3n) is 3.43. The van der Waals surface area contributed by atoms with Crippen LogP contribution < -0.4 is 5.32 Å². The lowest BCUT2D eigenvalue weighted by Crippen LogP contribution is -2.49. The topological polar surface area (TPSA) is 75.7 Å². The SMILES string of the molecule is CNC(=O)OC(CC=O)(CN(C)C(=O)C(F)(F)Cl)c1ccc(Cl)c(Cl)c1. The summed E-state index contributed by atoms with van der Waals surface area (Å²) in [5.74, 6) is -1.73. The molecule has 1 N–H and O–H groups in total. The smallest absolute Gasteiger partial charge is 0.407 e. The van der Waals surface area contributed by atoms with Gasteiger partial charge in [-0.15, -0.1) is 0 Å². The predicted octanol–water partition coefficient (Wildman–Crippen LogP) is 3.42. The number of benzene rings is 1. The molecule has 1 aromatic rings. The molecule has 0 aromatic heterocycles. The average Bonchev–Trinajstić information content (AvgIpc) is 2.55. The molecule has 26 heavy (non-hydrogen) atoms. The molecule has 0 aliphatic heterocycles. The maximum Gasteiger partial charge on any atom is 0.407 e. The van der Waals surface area contributed by atoms with Crippen LogP contribution in [-0.4, -0.2) is 49.2 Å². The fourth-order valence-corrected chi connectivity index (χ4v) is 2.66. The minimum Gasteiger partial charge on any atom is -0.436 e. The minimum atomic E-state index is -4.16. The molecule has 11 heteroatoms. The molecule has 0 saturated carbocycles. The molecule has 1 unspecified atom stereocenters. The van der Waals surface area contributed by atoms with Crippen LogP contribution >= 0.6 is 34.8 Å². The molecule has 0 radical (unpaired) electrons. The van der Waals surface area contributed by atoms with Crippen molar-refractivity contribution in [3.8, 4) is 0 Å². The summed E-state index contributed by atoms with van der Waals surface area (Å²) in [5, 5.41) is -1.70. The van der Waals surface area contributed by atoms with Crippen LogP contribution in [0, 0.1) is 0 Å². The molecule has 6 nitrogen and oxygen atoms in total. The zero-order chi connectivity index (χ0) is 20.1. The Balaban J connectivity index is 3.42. The monoisotopic (exact) mass is 430 g/mol. The molecule has 1 aromatic carbocycles. The van der Waals surface area contributed by atoms with Gasteiger partial charge in [-0.25, -0.2) is 4.79 Å². The Kier molecular flexibility index (Phi) is 7.61. The van der Waals surface area contributed by atoms with Crippen molar-refractivity contribution < 1.29 is 27.9 Å². The Morgan fingerprint density at radius 2 is 1.92 bits per heavy atom. The first-order valence-corrected chi connectivity index (χ1v) is 8.22. The van der Waals surface area contributed by atoms with Crippen LogP contribution in [0.4, 0.5) is 13.6 Å². The van der Waals surface area contributed by atoms with E-state index in [1.807, 2.05) is 0 Å². The van der Waals surface area contributed by atoms with Crippen LogP contribution in [0.3, 0.4) is 0 Å². The van der Waals surface area contributed by atoms with Crippen molar-refractivity contribution in [3.05, 3.63) is 33.8 Å². The minimum absolute atomic E-state index is 0.0802. The number of halogens is 5. The van der Waals surface area contributed by atoms with Crippen LogP contribution in [0.2, 0.25) is 10.0 Å². The highest BCUT2D eigenvalue weighted by Gasteiger charge is 2.44. The molecule has 144 valence electrons. The fourth-order valence-electron chi connectivity index (χ4n) is 2.22. The number of carbonyl (C=O) groups is 3. The van der Waals surface area contributed by atoms with Crippen molar-refractivity contribution in [1.82, 2.24) is 10.2 Å². The number of carbonyl (C=O) groups excluding carboxylic acids is 3. The molecular formula is C15H15Cl3F2N2O4. The number of nitrogens with one attached hydrogen (secondary N) is 1. The summed E-state index contributed by atoms with van der Waals surface area (Å²) in [7, 11) is 2.30. The summed E-state index contributed by atoms with van der Waals surface area (Å²) >= 11 is 16.6. The summed E-state index contributed by atoms with van der Waals surface area (Å²) in [6.45, 7) is -0.585. The standard InChI is InChI=1S/C15H15Cl3F2N2O4/c1-21-13(25)26-14(5-6-23,8-22(2)12(24)15(18,19)20)9-3-4-10(16)11(17)7-9/h3-4,6-7H,5,8H2,1-2H3,(H,21,25). The van der Waals surface area contributed by atoms with E-state index < -0.39 is 35.9 Å². The molecule has 1 rings (SSSR count). The number of amides is 2. The van der Waals surface area contributed by atoms with E-state index in [1.165, 1.54) is 25.2 Å². The van der Waals surface area contributed by atoms with Crippen molar-refractivity contribution in [2.24, 2.45) is 0 Å². The van der Waals surface area contributed by atoms with E-state index in [4.69, 9.17) is 39.5 Å². The molecule has 0 aliphatic rings. The summed E-state index contributed by atoms with van der Waals surface area (Å²) < 4.78 is 31.5. The molecular weight excluding hydrogens is 417 g/mol. The van der Waals surface area contributed by atoms with E-state index in [2.05, 4.69) is 5.32 Å². The third kappa shape index (κ3) is 5.43. The highest BCUT2D eigenvalue weighted by molar-refractivity contribution is 6.42. The van der Waals surface area contributed by atoms with E-state index >= 15 is 0 Å². The van der Waals surface area contributed by atoms with Crippen molar-refractivity contribution in [2.45, 2.75) is 17.4 Å². The zero-order valence-corrected chi connectivity index (χ0v) is 16.0. The molecule has 0 bridgehead atoms. The molecule has 0 spiro atoms. The van der Waals surface area contributed by atoms with Crippen LogP contribution in [0.15, 0.2) is 18.2 Å². The number of hydrogen-bond acceptors (Lipinski definition) is 4. The normalized spacial score (nSPS) is 13.5. The number of aldehydes is 1. The third-order valence-corrected chi connectivity index (χ3v) is 4.33. The molecule has 2 amide bonds. The van der Waals surface area contributed by atoms with E-state index in [1.54, 1.807) is 0 Å². The van der Waals surface area contributed by atoms with Crippen LogP contribution in [0.25, 0.3) is 0 Å². The lowest BCUT2D eigenvalue weighted by Gasteiger charge is -2.36. The second-order valence-electron chi connectivity index (χ2n) is 5.29. The van der Waals surface area contributed by atoms with Gasteiger partial charge in [0.05, 0.1) is 16.6 Å². The van der Waals surface area contributed by atoms with Gasteiger partial charge in [0.1, 0.15) is 6.29 Å². The Morgan fingerprint density at radius 1 is 1.31 bits per heavy atom. The van der Waals surface area contributed by atoms with Crippen LogP contribution in [0.1, 0.15) is 12.0 Å². The Hall–Kier alpha value is -1.64. The number of likely N-dealkylation sites (N-methyl/N-ethyl adjacent to an activating group) is 1. The highest BCUT2D eigenvalue weighted by Crippen LogP contribution is 2.35. The fraction of sp³-hybridized carbons (Fsp3) is 0.400. The zero-order valence-electron chi connectivity index (χ0n) is 13.7. The van der Waals surface area contributed by atoms with Gasteiger partial charge in [0.25, 0.3) is 0 Å². The summed E-state index contributed by atoms with van der Waals surface area (Å²) in [6.07, 6.45) is -0.969. The van der Waals surface area contributed by atoms with Gasteiger partial charge in [-0.2, -0.15) is 8.78 Å². The van der Waals surface area contributed by atoms with Crippen molar-refractivity contribution in [1.29, 1.82) is 0 Å². The second-order valence-corrected chi connectivity index (χ2v) is 6.58. The molecule has 0 saturated heterocycles. The van der Waals surface area contributed by atoms with E-state index in [0.717, 1.165) is 7.05 Å². The Morgan fingerprint density at radius 3 is 2.38 bits per heavy atom. The largest absolute Gasteiger partial charge is 0.436 e. The van der Waals surface area contributed by atoms with Gasteiger partial charge in [-0.1, -0.05) is 29.3 Å². The van der Waals surface area contributed by atoms with Crippen LogP contribution in [0.5, 0.6) is 0 Å². The number of alkyl halides is 3. The number of rotatable bonds is 7. The maximum atomic E-state index is 13.1. The molecule has 0 fully saturated rings. The van der Waals surface area contributed by atoms with Crippen molar-refractivity contribution in [2.75, 3.05) is 20.6 Å². The summed E-state index contributed by atoms with van der Waals surface area (Å²) in [5.41, 5.74) is -1.61. The average molecular weight is 432 g/mol. The van der Waals surface area contributed by atoms with E-state index in [9.17, 15) is 23.2 Å². The number of ether oxygens (including phenoxy) is 1. The lowest BCUT2D eigenvalue weighted by molar-refractivity contribution is -0.150. The second kappa shape index (κ2) is 8.83. The first-order valence-electron chi connectivity index (χ1n) is 7.09. The molecule has 0 aliphatic carbocycles. The Bertz CT molecular complexity index is 700. The number of nitrogens with zero attached hydrogens (tertiary/aromatic N) is 1.